The van der Waals surface area contributed by atoms with E-state index < -0.39 is 17.6 Å². The molecule has 9 heteroatoms. The first-order valence-corrected chi connectivity index (χ1v) is 9.31. The van der Waals surface area contributed by atoms with Gasteiger partial charge >= 0.3 is 6.18 Å². The SMILES string of the molecule is CC(=O)c1ccc(Cn2cc(NC(=O)/C=C/c3ccc(C(F)(F)F)cc3)cn2)s1. The number of nitrogens with one attached hydrogen (secondary N) is 1. The molecule has 3 aromatic rings. The van der Waals surface area contributed by atoms with Crippen LogP contribution in [0.2, 0.25) is 0 Å². The van der Waals surface area contributed by atoms with E-state index in [4.69, 9.17) is 0 Å². The van der Waals surface area contributed by atoms with E-state index in [9.17, 15) is 22.8 Å². The van der Waals surface area contributed by atoms with Gasteiger partial charge < -0.3 is 5.32 Å². The number of Topliss-reactive ketones (excluding diaryl/α,β-unsaturated/α-hetero) is 1. The maximum Gasteiger partial charge on any atom is 0.416 e. The van der Waals surface area contributed by atoms with E-state index in [-0.39, 0.29) is 5.78 Å². The van der Waals surface area contributed by atoms with Crippen molar-refractivity contribution in [1.82, 2.24) is 9.78 Å². The van der Waals surface area contributed by atoms with E-state index in [0.717, 1.165) is 17.0 Å². The van der Waals surface area contributed by atoms with Crippen LogP contribution in [0, 0.1) is 0 Å². The first-order valence-electron chi connectivity index (χ1n) is 8.49. The van der Waals surface area contributed by atoms with Crippen LogP contribution in [-0.4, -0.2) is 21.5 Å². The predicted molar refractivity (Wildman–Crippen MR) is 105 cm³/mol. The minimum absolute atomic E-state index is 0.00880. The molecule has 1 amide bonds. The molecule has 0 bridgehead atoms. The quantitative estimate of drug-likeness (QED) is 0.458. The van der Waals surface area contributed by atoms with Crippen molar-refractivity contribution >= 4 is 34.8 Å². The summed E-state index contributed by atoms with van der Waals surface area (Å²) in [6, 6.07) is 8.13. The Labute approximate surface area is 168 Å². The van der Waals surface area contributed by atoms with Crippen molar-refractivity contribution in [2.75, 3.05) is 5.32 Å². The zero-order valence-corrected chi connectivity index (χ0v) is 16.1. The minimum Gasteiger partial charge on any atom is -0.320 e. The fraction of sp³-hybridized carbons (Fsp3) is 0.150. The van der Waals surface area contributed by atoms with E-state index in [2.05, 4.69) is 10.4 Å². The Morgan fingerprint density at radius 1 is 1.17 bits per heavy atom. The molecule has 0 radical (unpaired) electrons. The van der Waals surface area contributed by atoms with Crippen molar-refractivity contribution in [3.8, 4) is 0 Å². The summed E-state index contributed by atoms with van der Waals surface area (Å²) in [7, 11) is 0. The molecule has 0 spiro atoms. The van der Waals surface area contributed by atoms with Gasteiger partial charge in [-0.1, -0.05) is 12.1 Å². The van der Waals surface area contributed by atoms with Crippen molar-refractivity contribution in [2.24, 2.45) is 0 Å². The molecule has 0 unspecified atom stereocenters. The number of hydrogen-bond acceptors (Lipinski definition) is 4. The molecule has 3 rings (SSSR count). The first kappa shape index (κ1) is 20.5. The van der Waals surface area contributed by atoms with E-state index in [1.54, 1.807) is 16.9 Å². The lowest BCUT2D eigenvalue weighted by Crippen LogP contribution is -2.07. The van der Waals surface area contributed by atoms with Crippen LogP contribution in [0.1, 0.15) is 32.6 Å². The molecule has 0 aliphatic carbocycles. The summed E-state index contributed by atoms with van der Waals surface area (Å²) >= 11 is 1.39. The highest BCUT2D eigenvalue weighted by Gasteiger charge is 2.29. The van der Waals surface area contributed by atoms with Crippen LogP contribution in [-0.2, 0) is 17.5 Å². The molecule has 150 valence electrons. The highest BCUT2D eigenvalue weighted by molar-refractivity contribution is 7.14. The van der Waals surface area contributed by atoms with Gasteiger partial charge in [-0.15, -0.1) is 11.3 Å². The zero-order chi connectivity index (χ0) is 21.0. The molecule has 2 aromatic heterocycles. The standard InChI is InChI=1S/C20H16F3N3O2S/c1-13(27)18-8-7-17(29-18)12-26-11-16(10-24-26)25-19(28)9-4-14-2-5-15(6-3-14)20(21,22)23/h2-11H,12H2,1H3,(H,25,28)/b9-4+. The molecule has 0 saturated heterocycles. The van der Waals surface area contributed by atoms with E-state index in [1.165, 1.54) is 48.7 Å². The van der Waals surface area contributed by atoms with Gasteiger partial charge in [-0.2, -0.15) is 18.3 Å². The molecule has 29 heavy (non-hydrogen) atoms. The Morgan fingerprint density at radius 2 is 1.90 bits per heavy atom. The van der Waals surface area contributed by atoms with Crippen LogP contribution in [0.3, 0.4) is 0 Å². The number of thiophene rings is 1. The van der Waals surface area contributed by atoms with Crippen LogP contribution < -0.4 is 5.32 Å². The third kappa shape index (κ3) is 5.64. The van der Waals surface area contributed by atoms with Crippen molar-refractivity contribution in [2.45, 2.75) is 19.6 Å². The molecule has 0 atom stereocenters. The number of amides is 1. The molecular formula is C20H16F3N3O2S. The summed E-state index contributed by atoms with van der Waals surface area (Å²) < 4.78 is 39.3. The van der Waals surface area contributed by atoms with Crippen LogP contribution in [0.15, 0.2) is 54.9 Å². The van der Waals surface area contributed by atoms with Gasteiger partial charge in [-0.3, -0.25) is 14.3 Å². The van der Waals surface area contributed by atoms with Gasteiger partial charge in [0.1, 0.15) is 0 Å². The Morgan fingerprint density at radius 3 is 2.52 bits per heavy atom. The second kappa shape index (κ2) is 8.44. The van der Waals surface area contributed by atoms with E-state index in [1.807, 2.05) is 6.07 Å². The molecule has 0 aliphatic rings. The molecule has 2 heterocycles. The number of hydrogen-bond donors (Lipinski definition) is 1. The van der Waals surface area contributed by atoms with Crippen molar-refractivity contribution in [1.29, 1.82) is 0 Å². The fourth-order valence-electron chi connectivity index (χ4n) is 2.47. The topological polar surface area (TPSA) is 64.0 Å². The Hall–Kier alpha value is -3.20. The first-order chi connectivity index (χ1) is 13.7. The average molecular weight is 419 g/mol. The van der Waals surface area contributed by atoms with Crippen molar-refractivity contribution < 1.29 is 22.8 Å². The van der Waals surface area contributed by atoms with Gasteiger partial charge in [-0.05, 0) is 42.8 Å². The summed E-state index contributed by atoms with van der Waals surface area (Å²) in [4.78, 5) is 25.0. The van der Waals surface area contributed by atoms with Crippen molar-refractivity contribution in [3.63, 3.8) is 0 Å². The number of alkyl halides is 3. The molecule has 0 aliphatic heterocycles. The number of halogens is 3. The lowest BCUT2D eigenvalue weighted by molar-refractivity contribution is -0.137. The highest BCUT2D eigenvalue weighted by atomic mass is 32.1. The summed E-state index contributed by atoms with van der Waals surface area (Å²) in [6.45, 7) is 1.98. The summed E-state index contributed by atoms with van der Waals surface area (Å²) in [5.74, 6) is -0.422. The van der Waals surface area contributed by atoms with E-state index in [0.29, 0.717) is 22.7 Å². The number of anilines is 1. The molecule has 0 fully saturated rings. The second-order valence-corrected chi connectivity index (χ2v) is 7.36. The number of nitrogens with zero attached hydrogens (tertiary/aromatic N) is 2. The monoisotopic (exact) mass is 419 g/mol. The van der Waals surface area contributed by atoms with Gasteiger partial charge in [0.05, 0.1) is 28.9 Å². The second-order valence-electron chi connectivity index (χ2n) is 6.19. The van der Waals surface area contributed by atoms with E-state index >= 15 is 0 Å². The largest absolute Gasteiger partial charge is 0.416 e. The maximum absolute atomic E-state index is 12.5. The number of carbonyl (C=O) groups excluding carboxylic acids is 2. The normalized spacial score (nSPS) is 11.7. The Bertz CT molecular complexity index is 1050. The lowest BCUT2D eigenvalue weighted by atomic mass is 10.1. The minimum atomic E-state index is -4.39. The summed E-state index contributed by atoms with van der Waals surface area (Å²) in [5.41, 5.74) is 0.214. The van der Waals surface area contributed by atoms with Crippen LogP contribution in [0.5, 0.6) is 0 Å². The lowest BCUT2D eigenvalue weighted by Gasteiger charge is -2.05. The number of carbonyl (C=O) groups is 2. The molecule has 1 aromatic carbocycles. The number of rotatable bonds is 6. The summed E-state index contributed by atoms with van der Waals surface area (Å²) in [6.07, 6.45) is 1.41. The number of aromatic nitrogens is 2. The molecule has 1 N–H and O–H groups in total. The predicted octanol–water partition coefficient (Wildman–Crippen LogP) is 4.87. The molecule has 0 saturated carbocycles. The van der Waals surface area contributed by atoms with Crippen LogP contribution in [0.25, 0.3) is 6.08 Å². The third-order valence-electron chi connectivity index (χ3n) is 3.89. The number of ketones is 1. The zero-order valence-electron chi connectivity index (χ0n) is 15.2. The fourth-order valence-corrected chi connectivity index (χ4v) is 3.36. The van der Waals surface area contributed by atoms with Gasteiger partial charge in [0, 0.05) is 17.2 Å². The van der Waals surface area contributed by atoms with Crippen LogP contribution in [0.4, 0.5) is 18.9 Å². The van der Waals surface area contributed by atoms with Crippen LogP contribution >= 0.6 is 11.3 Å². The molecular weight excluding hydrogens is 403 g/mol. The smallest absolute Gasteiger partial charge is 0.320 e. The Balaban J connectivity index is 1.57. The maximum atomic E-state index is 12.5. The van der Waals surface area contributed by atoms with Gasteiger partial charge in [0.2, 0.25) is 5.91 Å². The number of benzene rings is 1. The summed E-state index contributed by atoms with van der Waals surface area (Å²) in [5, 5.41) is 6.80. The third-order valence-corrected chi connectivity index (χ3v) is 5.06. The Kier molecular flexibility index (Phi) is 5.97. The van der Waals surface area contributed by atoms with Crippen molar-refractivity contribution in [3.05, 3.63) is 75.7 Å². The van der Waals surface area contributed by atoms with Gasteiger partial charge in [0.25, 0.3) is 0 Å². The highest BCUT2D eigenvalue weighted by Crippen LogP contribution is 2.29. The van der Waals surface area contributed by atoms with Gasteiger partial charge in [-0.25, -0.2) is 0 Å². The average Bonchev–Trinajstić information content (AvgIpc) is 3.30. The van der Waals surface area contributed by atoms with Gasteiger partial charge in [0.15, 0.2) is 5.78 Å². The molecule has 5 nitrogen and oxygen atoms in total.